The molecular weight excluding hydrogens is 453 g/mol. The number of nitrogens with zero attached hydrogens (tertiary/aromatic N) is 1. The molecule has 1 aromatic heterocycles. The fraction of sp³-hybridized carbons (Fsp3) is 0.0833. The number of hydrogen-bond acceptors (Lipinski definition) is 5. The van der Waals surface area contributed by atoms with E-state index in [1.54, 1.807) is 23.6 Å². The number of methoxy groups -OCH3 is 1. The zero-order valence-corrected chi connectivity index (χ0v) is 18.1. The Labute approximate surface area is 191 Å². The maximum absolute atomic E-state index is 13.4. The van der Waals surface area contributed by atoms with Gasteiger partial charge in [0.1, 0.15) is 23.1 Å². The minimum Gasteiger partial charge on any atom is -0.493 e. The van der Waals surface area contributed by atoms with E-state index in [0.717, 1.165) is 12.1 Å². The number of hydrogen-bond donors (Lipinski definition) is 1. The number of benzene rings is 3. The van der Waals surface area contributed by atoms with Crippen LogP contribution in [0.4, 0.5) is 18.9 Å². The molecule has 168 valence electrons. The number of carbonyl (C=O) groups is 1. The van der Waals surface area contributed by atoms with E-state index in [2.05, 4.69) is 10.3 Å². The van der Waals surface area contributed by atoms with Crippen molar-refractivity contribution in [2.24, 2.45) is 0 Å². The Hall–Kier alpha value is -3.85. The van der Waals surface area contributed by atoms with E-state index in [0.29, 0.717) is 33.3 Å². The molecule has 0 radical (unpaired) electrons. The smallest absolute Gasteiger partial charge is 0.275 e. The summed E-state index contributed by atoms with van der Waals surface area (Å²) in [5.74, 6) is -1.84. The van der Waals surface area contributed by atoms with Gasteiger partial charge in [-0.3, -0.25) is 4.79 Å². The third kappa shape index (κ3) is 5.32. The lowest BCUT2D eigenvalue weighted by molar-refractivity contribution is 0.102. The summed E-state index contributed by atoms with van der Waals surface area (Å²) in [6.45, 7) is 0.0257. The molecule has 4 aromatic rings. The predicted molar refractivity (Wildman–Crippen MR) is 119 cm³/mol. The Bertz CT molecular complexity index is 1290. The van der Waals surface area contributed by atoms with Crippen LogP contribution < -0.4 is 14.8 Å². The number of nitrogens with one attached hydrogen (secondary N) is 1. The molecule has 0 aliphatic rings. The highest BCUT2D eigenvalue weighted by Gasteiger charge is 2.15. The molecule has 0 saturated heterocycles. The Kier molecular flexibility index (Phi) is 6.60. The molecule has 1 N–H and O–H groups in total. The number of carbonyl (C=O) groups excluding carboxylic acids is 1. The first kappa shape index (κ1) is 22.3. The lowest BCUT2D eigenvalue weighted by atomic mass is 10.2. The van der Waals surface area contributed by atoms with Crippen LogP contribution in [0.5, 0.6) is 11.5 Å². The van der Waals surface area contributed by atoms with Crippen LogP contribution in [0, 0.1) is 17.5 Å². The summed E-state index contributed by atoms with van der Waals surface area (Å²) in [6.07, 6.45) is 0. The normalized spacial score (nSPS) is 10.7. The number of thiazole rings is 1. The van der Waals surface area contributed by atoms with Crippen molar-refractivity contribution in [1.82, 2.24) is 4.98 Å². The molecule has 1 heterocycles. The average molecular weight is 470 g/mol. The first-order chi connectivity index (χ1) is 15.9. The van der Waals surface area contributed by atoms with Crippen molar-refractivity contribution in [2.45, 2.75) is 6.61 Å². The molecule has 0 spiro atoms. The zero-order valence-electron chi connectivity index (χ0n) is 17.3. The van der Waals surface area contributed by atoms with Crippen molar-refractivity contribution in [3.05, 3.63) is 94.8 Å². The number of anilines is 1. The van der Waals surface area contributed by atoms with E-state index in [4.69, 9.17) is 9.47 Å². The van der Waals surface area contributed by atoms with E-state index in [9.17, 15) is 18.0 Å². The number of aromatic nitrogens is 1. The van der Waals surface area contributed by atoms with Crippen LogP contribution in [0.25, 0.3) is 10.6 Å². The zero-order chi connectivity index (χ0) is 23.4. The number of rotatable bonds is 7. The highest BCUT2D eigenvalue weighted by Crippen LogP contribution is 2.34. The molecule has 5 nitrogen and oxygen atoms in total. The second-order valence-electron chi connectivity index (χ2n) is 6.90. The number of halogens is 3. The number of amides is 1. The molecule has 4 rings (SSSR count). The highest BCUT2D eigenvalue weighted by molar-refractivity contribution is 7.13. The van der Waals surface area contributed by atoms with Gasteiger partial charge in [-0.05, 0) is 60.2 Å². The summed E-state index contributed by atoms with van der Waals surface area (Å²) in [5.41, 5.74) is 1.85. The molecule has 0 aliphatic heterocycles. The Morgan fingerprint density at radius 1 is 0.970 bits per heavy atom. The maximum Gasteiger partial charge on any atom is 0.275 e. The van der Waals surface area contributed by atoms with Crippen LogP contribution in [-0.2, 0) is 6.61 Å². The van der Waals surface area contributed by atoms with Gasteiger partial charge in [0.15, 0.2) is 23.1 Å². The Morgan fingerprint density at radius 2 is 1.76 bits per heavy atom. The molecule has 0 atom stereocenters. The molecule has 0 bridgehead atoms. The van der Waals surface area contributed by atoms with Crippen LogP contribution >= 0.6 is 11.3 Å². The summed E-state index contributed by atoms with van der Waals surface area (Å²) < 4.78 is 50.6. The van der Waals surface area contributed by atoms with E-state index < -0.39 is 23.4 Å². The summed E-state index contributed by atoms with van der Waals surface area (Å²) in [5, 5.41) is 4.87. The van der Waals surface area contributed by atoms with E-state index in [1.165, 1.54) is 48.8 Å². The van der Waals surface area contributed by atoms with Gasteiger partial charge in [0, 0.05) is 16.6 Å². The van der Waals surface area contributed by atoms with Crippen molar-refractivity contribution in [3.63, 3.8) is 0 Å². The summed E-state index contributed by atoms with van der Waals surface area (Å²) in [7, 11) is 1.48. The average Bonchev–Trinajstić information content (AvgIpc) is 3.32. The molecule has 0 unspecified atom stereocenters. The van der Waals surface area contributed by atoms with Crippen LogP contribution in [0.1, 0.15) is 16.1 Å². The first-order valence-electron chi connectivity index (χ1n) is 9.70. The molecule has 0 saturated carbocycles. The summed E-state index contributed by atoms with van der Waals surface area (Å²) in [6, 6.07) is 14.1. The maximum atomic E-state index is 13.4. The molecule has 1 amide bonds. The van der Waals surface area contributed by atoms with Crippen molar-refractivity contribution in [2.75, 3.05) is 12.4 Å². The van der Waals surface area contributed by atoms with Crippen LogP contribution in [0.15, 0.2) is 66.0 Å². The summed E-state index contributed by atoms with van der Waals surface area (Å²) in [4.78, 5) is 16.8. The third-order valence-electron chi connectivity index (χ3n) is 4.63. The Balaban J connectivity index is 1.47. The van der Waals surface area contributed by atoms with Crippen molar-refractivity contribution in [3.8, 4) is 22.1 Å². The van der Waals surface area contributed by atoms with Crippen LogP contribution in [-0.4, -0.2) is 18.0 Å². The fourth-order valence-electron chi connectivity index (χ4n) is 2.95. The predicted octanol–water partition coefficient (Wildman–Crippen LogP) is 6.07. The van der Waals surface area contributed by atoms with Gasteiger partial charge in [0.25, 0.3) is 5.91 Å². The number of ether oxygens (including phenoxy) is 2. The van der Waals surface area contributed by atoms with Gasteiger partial charge in [-0.15, -0.1) is 11.3 Å². The van der Waals surface area contributed by atoms with E-state index in [-0.39, 0.29) is 12.3 Å². The monoisotopic (exact) mass is 470 g/mol. The fourth-order valence-corrected chi connectivity index (χ4v) is 3.75. The minimum absolute atomic E-state index is 0.0257. The molecular formula is C24H17F3N2O3S. The molecule has 3 aromatic carbocycles. The largest absolute Gasteiger partial charge is 0.493 e. The third-order valence-corrected chi connectivity index (χ3v) is 5.52. The summed E-state index contributed by atoms with van der Waals surface area (Å²) >= 11 is 1.28. The van der Waals surface area contributed by atoms with Crippen LogP contribution in [0.3, 0.4) is 0 Å². The van der Waals surface area contributed by atoms with Gasteiger partial charge in [-0.1, -0.05) is 6.07 Å². The van der Waals surface area contributed by atoms with Gasteiger partial charge in [0.2, 0.25) is 0 Å². The SMILES string of the molecule is COc1cc(-c2nc(C(=O)Nc3ccc(F)cc3)cs2)ccc1OCc1ccc(F)c(F)c1. The molecule has 9 heteroatoms. The molecule has 0 fully saturated rings. The van der Waals surface area contributed by atoms with Crippen LogP contribution in [0.2, 0.25) is 0 Å². The quantitative estimate of drug-likeness (QED) is 0.356. The lowest BCUT2D eigenvalue weighted by Crippen LogP contribution is -2.12. The van der Waals surface area contributed by atoms with Gasteiger partial charge in [0.05, 0.1) is 7.11 Å². The van der Waals surface area contributed by atoms with Crippen molar-refractivity contribution < 1.29 is 27.4 Å². The van der Waals surface area contributed by atoms with Crippen molar-refractivity contribution in [1.29, 1.82) is 0 Å². The van der Waals surface area contributed by atoms with E-state index in [1.807, 2.05) is 0 Å². The highest BCUT2D eigenvalue weighted by atomic mass is 32.1. The molecule has 33 heavy (non-hydrogen) atoms. The van der Waals surface area contributed by atoms with Gasteiger partial charge >= 0.3 is 0 Å². The topological polar surface area (TPSA) is 60.5 Å². The standard InChI is InChI=1S/C24H17F3N2O3S/c1-31-22-11-15(3-9-21(22)32-12-14-2-8-18(26)19(27)10-14)24-29-20(13-33-24)23(30)28-17-6-4-16(25)5-7-17/h2-11,13H,12H2,1H3,(H,28,30). The van der Waals surface area contributed by atoms with Gasteiger partial charge < -0.3 is 14.8 Å². The molecule has 0 aliphatic carbocycles. The minimum atomic E-state index is -0.943. The first-order valence-corrected chi connectivity index (χ1v) is 10.6. The lowest BCUT2D eigenvalue weighted by Gasteiger charge is -2.12. The van der Waals surface area contributed by atoms with E-state index >= 15 is 0 Å². The Morgan fingerprint density at radius 3 is 2.48 bits per heavy atom. The van der Waals surface area contributed by atoms with Crippen molar-refractivity contribution >= 4 is 22.9 Å². The second-order valence-corrected chi connectivity index (χ2v) is 7.76. The van der Waals surface area contributed by atoms with Gasteiger partial charge in [-0.2, -0.15) is 0 Å². The van der Waals surface area contributed by atoms with Gasteiger partial charge in [-0.25, -0.2) is 18.2 Å². The second kappa shape index (κ2) is 9.74.